The molecular formula is C14H14F3N3. The molecule has 1 aromatic carbocycles. The van der Waals surface area contributed by atoms with Crippen LogP contribution in [0.15, 0.2) is 36.5 Å². The van der Waals surface area contributed by atoms with Crippen LogP contribution in [-0.4, -0.2) is 9.97 Å². The molecule has 1 N–H and O–H groups in total. The number of nitrogens with zero attached hydrogens (tertiary/aromatic N) is 2. The molecule has 6 heteroatoms. The highest BCUT2D eigenvalue weighted by Crippen LogP contribution is 2.28. The van der Waals surface area contributed by atoms with Crippen LogP contribution in [0.3, 0.4) is 0 Å². The Morgan fingerprint density at radius 3 is 2.35 bits per heavy atom. The summed E-state index contributed by atoms with van der Waals surface area (Å²) in [6.07, 6.45) is -3.37. The molecule has 0 aliphatic heterocycles. The van der Waals surface area contributed by atoms with E-state index in [-0.39, 0.29) is 12.0 Å². The van der Waals surface area contributed by atoms with Gasteiger partial charge in [0.25, 0.3) is 0 Å². The van der Waals surface area contributed by atoms with Gasteiger partial charge in [0.15, 0.2) is 0 Å². The lowest BCUT2D eigenvalue weighted by Gasteiger charge is -2.15. The van der Waals surface area contributed by atoms with E-state index in [0.717, 1.165) is 23.4 Å². The van der Waals surface area contributed by atoms with Gasteiger partial charge in [0.05, 0.1) is 6.04 Å². The van der Waals surface area contributed by atoms with Crippen LogP contribution in [0.5, 0.6) is 0 Å². The van der Waals surface area contributed by atoms with Crippen molar-refractivity contribution in [3.63, 3.8) is 0 Å². The molecule has 0 fully saturated rings. The van der Waals surface area contributed by atoms with Crippen molar-refractivity contribution in [2.24, 2.45) is 0 Å². The van der Waals surface area contributed by atoms with Crippen molar-refractivity contribution >= 4 is 5.95 Å². The summed E-state index contributed by atoms with van der Waals surface area (Å²) in [7, 11) is 0. The van der Waals surface area contributed by atoms with E-state index in [9.17, 15) is 13.2 Å². The fraction of sp³-hybridized carbons (Fsp3) is 0.286. The number of hydrogen-bond donors (Lipinski definition) is 1. The van der Waals surface area contributed by atoms with E-state index in [4.69, 9.17) is 0 Å². The second-order valence-corrected chi connectivity index (χ2v) is 4.54. The zero-order chi connectivity index (χ0) is 14.8. The predicted octanol–water partition coefficient (Wildman–Crippen LogP) is 3.98. The standard InChI is InChI=1S/C14H14F3N3/c1-9-3-5-11(6-4-9)10(2)19-13-18-8-7-12(20-13)14(15,16)17/h3-8,10H,1-2H3,(H,18,19,20). The molecule has 20 heavy (non-hydrogen) atoms. The number of aryl methyl sites for hydroxylation is 1. The lowest BCUT2D eigenvalue weighted by molar-refractivity contribution is -0.141. The number of hydrogen-bond acceptors (Lipinski definition) is 3. The summed E-state index contributed by atoms with van der Waals surface area (Å²) < 4.78 is 37.7. The molecule has 0 aliphatic rings. The van der Waals surface area contributed by atoms with Crippen molar-refractivity contribution in [2.75, 3.05) is 5.32 Å². The van der Waals surface area contributed by atoms with Gasteiger partial charge in [-0.2, -0.15) is 13.2 Å². The third-order valence-electron chi connectivity index (χ3n) is 2.87. The van der Waals surface area contributed by atoms with Gasteiger partial charge in [0, 0.05) is 6.20 Å². The zero-order valence-corrected chi connectivity index (χ0v) is 11.1. The highest BCUT2D eigenvalue weighted by atomic mass is 19.4. The predicted molar refractivity (Wildman–Crippen MR) is 70.3 cm³/mol. The molecule has 106 valence electrons. The molecule has 1 unspecified atom stereocenters. The molecule has 0 saturated heterocycles. The highest BCUT2D eigenvalue weighted by Gasteiger charge is 2.32. The van der Waals surface area contributed by atoms with E-state index in [1.807, 2.05) is 38.1 Å². The van der Waals surface area contributed by atoms with Crippen LogP contribution in [-0.2, 0) is 6.18 Å². The molecular weight excluding hydrogens is 267 g/mol. The minimum atomic E-state index is -4.47. The van der Waals surface area contributed by atoms with Gasteiger partial charge in [0.2, 0.25) is 5.95 Å². The monoisotopic (exact) mass is 281 g/mol. The van der Waals surface area contributed by atoms with E-state index in [2.05, 4.69) is 15.3 Å². The Balaban J connectivity index is 2.15. The maximum Gasteiger partial charge on any atom is 0.433 e. The lowest BCUT2D eigenvalue weighted by atomic mass is 10.1. The van der Waals surface area contributed by atoms with Crippen LogP contribution >= 0.6 is 0 Å². The van der Waals surface area contributed by atoms with E-state index in [1.54, 1.807) is 0 Å². The average molecular weight is 281 g/mol. The quantitative estimate of drug-likeness (QED) is 0.924. The van der Waals surface area contributed by atoms with Crippen molar-refractivity contribution in [1.29, 1.82) is 0 Å². The number of anilines is 1. The maximum absolute atomic E-state index is 12.6. The summed E-state index contributed by atoms with van der Waals surface area (Å²) in [5, 5.41) is 2.87. The molecule has 1 heterocycles. The summed E-state index contributed by atoms with van der Waals surface area (Å²) in [6, 6.07) is 8.39. The minimum Gasteiger partial charge on any atom is -0.348 e. The molecule has 0 amide bonds. The first-order chi connectivity index (χ1) is 9.36. The first kappa shape index (κ1) is 14.3. The number of aromatic nitrogens is 2. The van der Waals surface area contributed by atoms with Crippen LogP contribution < -0.4 is 5.32 Å². The molecule has 0 bridgehead atoms. The summed E-state index contributed by atoms with van der Waals surface area (Å²) >= 11 is 0. The van der Waals surface area contributed by atoms with Gasteiger partial charge in [0.1, 0.15) is 5.69 Å². The van der Waals surface area contributed by atoms with Crippen LogP contribution in [0.1, 0.15) is 29.8 Å². The van der Waals surface area contributed by atoms with Crippen LogP contribution in [0, 0.1) is 6.92 Å². The molecule has 2 aromatic rings. The van der Waals surface area contributed by atoms with Crippen molar-refractivity contribution in [2.45, 2.75) is 26.1 Å². The Morgan fingerprint density at radius 2 is 1.75 bits per heavy atom. The Labute approximate surface area is 114 Å². The van der Waals surface area contributed by atoms with Crippen molar-refractivity contribution in [3.05, 3.63) is 53.3 Å². The van der Waals surface area contributed by atoms with Gasteiger partial charge in [-0.25, -0.2) is 9.97 Å². The fourth-order valence-electron chi connectivity index (χ4n) is 1.72. The van der Waals surface area contributed by atoms with Gasteiger partial charge in [-0.3, -0.25) is 0 Å². The summed E-state index contributed by atoms with van der Waals surface area (Å²) in [4.78, 5) is 7.29. The molecule has 2 rings (SSSR count). The third kappa shape index (κ3) is 3.46. The Kier molecular flexibility index (Phi) is 3.92. The van der Waals surface area contributed by atoms with Crippen molar-refractivity contribution in [1.82, 2.24) is 9.97 Å². The molecule has 1 aromatic heterocycles. The topological polar surface area (TPSA) is 37.8 Å². The summed E-state index contributed by atoms with van der Waals surface area (Å²) in [5.74, 6) is -0.0344. The summed E-state index contributed by atoms with van der Waals surface area (Å²) in [6.45, 7) is 3.81. The van der Waals surface area contributed by atoms with E-state index in [0.29, 0.717) is 0 Å². The number of alkyl halides is 3. The van der Waals surface area contributed by atoms with Gasteiger partial charge in [-0.15, -0.1) is 0 Å². The van der Waals surface area contributed by atoms with E-state index < -0.39 is 11.9 Å². The first-order valence-electron chi connectivity index (χ1n) is 6.09. The largest absolute Gasteiger partial charge is 0.433 e. The van der Waals surface area contributed by atoms with Crippen molar-refractivity contribution in [3.8, 4) is 0 Å². The van der Waals surface area contributed by atoms with Crippen LogP contribution in [0.25, 0.3) is 0 Å². The first-order valence-corrected chi connectivity index (χ1v) is 6.09. The SMILES string of the molecule is Cc1ccc(C(C)Nc2nccc(C(F)(F)F)n2)cc1. The molecule has 3 nitrogen and oxygen atoms in total. The Bertz CT molecular complexity index is 579. The third-order valence-corrected chi connectivity index (χ3v) is 2.87. The van der Waals surface area contributed by atoms with Gasteiger partial charge in [-0.05, 0) is 25.5 Å². The van der Waals surface area contributed by atoms with Crippen LogP contribution in [0.4, 0.5) is 19.1 Å². The van der Waals surface area contributed by atoms with E-state index >= 15 is 0 Å². The van der Waals surface area contributed by atoms with Crippen LogP contribution in [0.2, 0.25) is 0 Å². The van der Waals surface area contributed by atoms with Gasteiger partial charge >= 0.3 is 6.18 Å². The number of halogens is 3. The normalized spacial score (nSPS) is 13.1. The number of rotatable bonds is 3. The molecule has 0 aliphatic carbocycles. The smallest absolute Gasteiger partial charge is 0.348 e. The average Bonchev–Trinajstić information content (AvgIpc) is 2.38. The molecule has 0 saturated carbocycles. The van der Waals surface area contributed by atoms with Crippen molar-refractivity contribution < 1.29 is 13.2 Å². The highest BCUT2D eigenvalue weighted by molar-refractivity contribution is 5.33. The molecule has 0 radical (unpaired) electrons. The summed E-state index contributed by atoms with van der Waals surface area (Å²) in [5.41, 5.74) is 1.12. The van der Waals surface area contributed by atoms with E-state index in [1.165, 1.54) is 0 Å². The zero-order valence-electron chi connectivity index (χ0n) is 11.1. The molecule has 0 spiro atoms. The maximum atomic E-state index is 12.6. The number of benzene rings is 1. The van der Waals surface area contributed by atoms with Gasteiger partial charge < -0.3 is 5.32 Å². The second kappa shape index (κ2) is 5.48. The molecule has 1 atom stereocenters. The second-order valence-electron chi connectivity index (χ2n) is 4.54. The van der Waals surface area contributed by atoms with Gasteiger partial charge in [-0.1, -0.05) is 29.8 Å². The lowest BCUT2D eigenvalue weighted by Crippen LogP contribution is -2.13. The Hall–Kier alpha value is -2.11. The Morgan fingerprint density at radius 1 is 1.10 bits per heavy atom. The minimum absolute atomic E-state index is 0.0344. The number of nitrogens with one attached hydrogen (secondary N) is 1. The fourth-order valence-corrected chi connectivity index (χ4v) is 1.72.